The Bertz CT molecular complexity index is 1740. The number of piperidine rings is 1. The first-order valence-electron chi connectivity index (χ1n) is 14.7. The molecular weight excluding hydrogens is 528 g/mol. The third kappa shape index (κ3) is 4.99. The molecule has 0 amide bonds. The van der Waals surface area contributed by atoms with Gasteiger partial charge in [0, 0.05) is 52.6 Å². The van der Waals surface area contributed by atoms with Crippen molar-refractivity contribution in [2.45, 2.75) is 65.2 Å². The molecule has 0 aromatic carbocycles. The number of hydrogen-bond acceptors (Lipinski definition) is 8. The lowest BCUT2D eigenvalue weighted by Gasteiger charge is -2.39. The van der Waals surface area contributed by atoms with Crippen molar-refractivity contribution in [3.8, 4) is 22.8 Å². The van der Waals surface area contributed by atoms with Crippen LogP contribution in [0.2, 0.25) is 0 Å². The van der Waals surface area contributed by atoms with Crippen LogP contribution in [0.4, 0.5) is 5.82 Å². The number of nitrogens with one attached hydrogen (secondary N) is 3. The number of aromatic amines is 1. The van der Waals surface area contributed by atoms with Gasteiger partial charge in [0.05, 0.1) is 28.1 Å². The summed E-state index contributed by atoms with van der Waals surface area (Å²) in [4.78, 5) is 28.0. The van der Waals surface area contributed by atoms with E-state index in [0.717, 1.165) is 75.8 Å². The fourth-order valence-electron chi connectivity index (χ4n) is 5.98. The van der Waals surface area contributed by atoms with Crippen molar-refractivity contribution in [2.24, 2.45) is 11.3 Å². The van der Waals surface area contributed by atoms with E-state index in [0.29, 0.717) is 17.7 Å². The maximum atomic E-state index is 5.22. The molecule has 1 unspecified atom stereocenters. The Morgan fingerprint density at radius 2 is 1.95 bits per heavy atom. The minimum atomic E-state index is 0.0113. The van der Waals surface area contributed by atoms with Gasteiger partial charge < -0.3 is 15.6 Å². The fourth-order valence-corrected chi connectivity index (χ4v) is 6.89. The van der Waals surface area contributed by atoms with E-state index >= 15 is 0 Å². The van der Waals surface area contributed by atoms with Gasteiger partial charge >= 0.3 is 0 Å². The maximum absolute atomic E-state index is 5.22. The molecule has 0 spiro atoms. The third-order valence-electron chi connectivity index (χ3n) is 8.72. The van der Waals surface area contributed by atoms with Crippen molar-refractivity contribution in [2.75, 3.05) is 25.0 Å². The van der Waals surface area contributed by atoms with Gasteiger partial charge in [0.25, 0.3) is 0 Å². The molecule has 7 rings (SSSR count). The van der Waals surface area contributed by atoms with Crippen molar-refractivity contribution in [1.29, 1.82) is 0 Å². The molecule has 5 aromatic heterocycles. The maximum Gasteiger partial charge on any atom is 0.163 e. The Morgan fingerprint density at radius 3 is 2.71 bits per heavy atom. The van der Waals surface area contributed by atoms with Gasteiger partial charge in [-0.15, -0.1) is 11.3 Å². The fraction of sp³-hybridized carbons (Fsp3) is 0.469. The van der Waals surface area contributed by atoms with Crippen molar-refractivity contribution in [3.05, 3.63) is 46.7 Å². The van der Waals surface area contributed by atoms with Crippen LogP contribution in [0.15, 0.2) is 36.1 Å². The zero-order chi connectivity index (χ0) is 28.4. The Kier molecular flexibility index (Phi) is 6.35. The second kappa shape index (κ2) is 9.84. The topological polar surface area (TPSA) is 104 Å². The van der Waals surface area contributed by atoms with E-state index in [4.69, 9.17) is 15.0 Å². The highest BCUT2D eigenvalue weighted by atomic mass is 32.1. The number of hydrogen-bond donors (Lipinski definition) is 3. The smallest absolute Gasteiger partial charge is 0.163 e. The molecule has 9 heteroatoms. The molecule has 6 heterocycles. The lowest BCUT2D eigenvalue weighted by atomic mass is 9.74. The number of anilines is 1. The van der Waals surface area contributed by atoms with Crippen molar-refractivity contribution in [3.63, 3.8) is 0 Å². The van der Waals surface area contributed by atoms with Crippen LogP contribution in [0.25, 0.3) is 44.7 Å². The summed E-state index contributed by atoms with van der Waals surface area (Å²) in [6.07, 6.45) is 9.29. The lowest BCUT2D eigenvalue weighted by molar-refractivity contribution is 0.166. The molecule has 0 bridgehead atoms. The first-order chi connectivity index (χ1) is 19.7. The summed E-state index contributed by atoms with van der Waals surface area (Å²) in [6, 6.07) is 4.15. The molecule has 1 aliphatic heterocycles. The largest absolute Gasteiger partial charge is 0.369 e. The summed E-state index contributed by atoms with van der Waals surface area (Å²) in [5.74, 6) is 2.71. The SMILES string of the molecule is CC(C)(C)c1nc(-c2cc3c(-c4nc(NCC5CCNCC5(C)C)c5c(C6CC6)cncc5n4)ccnc3[nH]2)cs1. The number of pyridine rings is 2. The van der Waals surface area contributed by atoms with E-state index < -0.39 is 0 Å². The zero-order valence-electron chi connectivity index (χ0n) is 24.5. The molecule has 0 radical (unpaired) electrons. The van der Waals surface area contributed by atoms with Crippen LogP contribution in [-0.4, -0.2) is 49.5 Å². The summed E-state index contributed by atoms with van der Waals surface area (Å²) < 4.78 is 0. The standard InChI is InChI=1S/C32H38N8S/c1-31(2,3)30-39-25(16-41-30)23-12-21-20(9-11-35-27(21)37-23)28-38-24-15-34-14-22(18-6-7-18)26(24)29(40-28)36-13-19-8-10-33-17-32(19,4)5/h9,11-12,14-16,18-19,33H,6-8,10,13,17H2,1-5H3,(H,35,37)(H,36,38,40). The molecule has 5 aromatic rings. The van der Waals surface area contributed by atoms with Crippen LogP contribution in [0, 0.1) is 11.3 Å². The number of thiazole rings is 1. The molecule has 1 atom stereocenters. The quantitative estimate of drug-likeness (QED) is 0.205. The van der Waals surface area contributed by atoms with Crippen LogP contribution in [0.3, 0.4) is 0 Å². The molecule has 3 N–H and O–H groups in total. The Morgan fingerprint density at radius 1 is 1.10 bits per heavy atom. The molecule has 1 saturated heterocycles. The predicted molar refractivity (Wildman–Crippen MR) is 167 cm³/mol. The summed E-state index contributed by atoms with van der Waals surface area (Å²) in [7, 11) is 0. The molecular formula is C32H38N8S. The number of H-pyrrole nitrogens is 1. The molecule has 1 aliphatic carbocycles. The highest BCUT2D eigenvalue weighted by molar-refractivity contribution is 7.10. The van der Waals surface area contributed by atoms with Gasteiger partial charge in [-0.3, -0.25) is 4.98 Å². The van der Waals surface area contributed by atoms with Crippen LogP contribution in [0.5, 0.6) is 0 Å². The van der Waals surface area contributed by atoms with Crippen LogP contribution < -0.4 is 10.6 Å². The van der Waals surface area contributed by atoms with Gasteiger partial charge in [-0.25, -0.2) is 19.9 Å². The Labute approximate surface area is 244 Å². The van der Waals surface area contributed by atoms with E-state index in [1.807, 2.05) is 24.7 Å². The van der Waals surface area contributed by atoms with Gasteiger partial charge in [-0.05, 0) is 60.8 Å². The highest BCUT2D eigenvalue weighted by Gasteiger charge is 2.33. The number of nitrogens with zero attached hydrogens (tertiary/aromatic N) is 5. The molecule has 2 aliphatic rings. The Hall–Kier alpha value is -3.43. The van der Waals surface area contributed by atoms with Crippen LogP contribution in [-0.2, 0) is 5.41 Å². The average molecular weight is 567 g/mol. The molecule has 1 saturated carbocycles. The lowest BCUT2D eigenvalue weighted by Crippen LogP contribution is -2.45. The summed E-state index contributed by atoms with van der Waals surface area (Å²) >= 11 is 1.70. The average Bonchev–Trinajstić information content (AvgIpc) is 3.47. The number of aromatic nitrogens is 6. The van der Waals surface area contributed by atoms with E-state index in [9.17, 15) is 0 Å². The van der Waals surface area contributed by atoms with Gasteiger partial charge in [0.1, 0.15) is 11.5 Å². The van der Waals surface area contributed by atoms with Crippen LogP contribution in [0.1, 0.15) is 70.4 Å². The molecule has 2 fully saturated rings. The van der Waals surface area contributed by atoms with Gasteiger partial charge in [-0.2, -0.15) is 0 Å². The van der Waals surface area contributed by atoms with Gasteiger partial charge in [0.2, 0.25) is 0 Å². The van der Waals surface area contributed by atoms with Crippen molar-refractivity contribution < 1.29 is 0 Å². The van der Waals surface area contributed by atoms with Gasteiger partial charge in [0.15, 0.2) is 5.82 Å². The first-order valence-corrected chi connectivity index (χ1v) is 15.6. The molecule has 8 nitrogen and oxygen atoms in total. The van der Waals surface area contributed by atoms with E-state index in [-0.39, 0.29) is 10.8 Å². The summed E-state index contributed by atoms with van der Waals surface area (Å²) in [5, 5.41) is 12.7. The molecule has 212 valence electrons. The first kappa shape index (κ1) is 26.5. The minimum Gasteiger partial charge on any atom is -0.369 e. The summed E-state index contributed by atoms with van der Waals surface area (Å²) in [6.45, 7) is 14.3. The van der Waals surface area contributed by atoms with E-state index in [1.165, 1.54) is 18.4 Å². The van der Waals surface area contributed by atoms with Crippen LogP contribution >= 0.6 is 11.3 Å². The number of rotatable bonds is 6. The Balaban J connectivity index is 1.31. The second-order valence-corrected chi connectivity index (χ2v) is 14.3. The third-order valence-corrected chi connectivity index (χ3v) is 9.99. The van der Waals surface area contributed by atoms with Gasteiger partial charge in [-0.1, -0.05) is 34.6 Å². The van der Waals surface area contributed by atoms with E-state index in [2.05, 4.69) is 71.7 Å². The monoisotopic (exact) mass is 566 g/mol. The van der Waals surface area contributed by atoms with E-state index in [1.54, 1.807) is 11.3 Å². The minimum absolute atomic E-state index is 0.0113. The zero-order valence-corrected chi connectivity index (χ0v) is 25.3. The van der Waals surface area contributed by atoms with Crippen molar-refractivity contribution in [1.82, 2.24) is 35.2 Å². The number of fused-ring (bicyclic) bond motifs is 2. The summed E-state index contributed by atoms with van der Waals surface area (Å²) in [5.41, 5.74) is 6.04. The predicted octanol–water partition coefficient (Wildman–Crippen LogP) is 6.91. The van der Waals surface area contributed by atoms with Crippen molar-refractivity contribution >= 4 is 39.1 Å². The highest BCUT2D eigenvalue weighted by Crippen LogP contribution is 2.45. The second-order valence-electron chi connectivity index (χ2n) is 13.4. The normalized spacial score (nSPS) is 19.2. The molecule has 41 heavy (non-hydrogen) atoms.